The molecule has 30 heteroatoms. The van der Waals surface area contributed by atoms with Gasteiger partial charge in [0.2, 0.25) is 11.5 Å². The Balaban J connectivity index is 1.18. The number of unbranched alkanes of at least 4 members (excludes halogenated alkanes) is 1. The van der Waals surface area contributed by atoms with Gasteiger partial charge in [-0.25, -0.2) is 4.79 Å². The van der Waals surface area contributed by atoms with Crippen LogP contribution in [0.2, 0.25) is 0 Å². The van der Waals surface area contributed by atoms with Gasteiger partial charge in [-0.1, -0.05) is 12.1 Å². The van der Waals surface area contributed by atoms with Crippen molar-refractivity contribution in [2.45, 2.75) is 76.7 Å². The van der Waals surface area contributed by atoms with E-state index in [-0.39, 0.29) is 130 Å². The minimum atomic E-state index is -1.31. The van der Waals surface area contributed by atoms with Crippen LogP contribution in [0.25, 0.3) is 0 Å². The largest absolute Gasteiger partial charge is 0.425 e. The molecule has 0 radical (unpaired) electrons. The van der Waals surface area contributed by atoms with E-state index < -0.39 is 122 Å². The number of hydrogen-bond donors (Lipinski definition) is 9. The van der Waals surface area contributed by atoms with Gasteiger partial charge in [0.25, 0.3) is 63.9 Å². The van der Waals surface area contributed by atoms with Gasteiger partial charge in [0.1, 0.15) is 33.9 Å². The summed E-state index contributed by atoms with van der Waals surface area (Å²) in [5.41, 5.74) is -7.03. The predicted octanol–water partition coefficient (Wildman–Crippen LogP) is -1.91. The summed E-state index contributed by atoms with van der Waals surface area (Å²) in [5.74, 6) is -8.10. The molecule has 0 spiro atoms. The van der Waals surface area contributed by atoms with Crippen molar-refractivity contribution in [3.8, 4) is 0 Å². The molecule has 30 nitrogen and oxygen atoms in total. The van der Waals surface area contributed by atoms with E-state index in [1.807, 2.05) is 0 Å². The summed E-state index contributed by atoms with van der Waals surface area (Å²) in [6.07, 6.45) is 0.281. The zero-order chi connectivity index (χ0) is 58.0. The number of aromatic nitrogens is 4. The summed E-state index contributed by atoms with van der Waals surface area (Å²) in [6, 6.07) is 10.3. The van der Waals surface area contributed by atoms with Crippen LogP contribution in [0.15, 0.2) is 79.8 Å². The molecule has 0 aliphatic carbocycles. The molecule has 8 rings (SSSR count). The van der Waals surface area contributed by atoms with Crippen LogP contribution >= 0.6 is 0 Å². The average Bonchev–Trinajstić information content (AvgIpc) is 3.75. The molecule has 4 aromatic heterocycles. The number of imide groups is 1. The monoisotopic (exact) mass is 1110 g/mol. The molecule has 4 aliphatic heterocycles. The highest BCUT2D eigenvalue weighted by molar-refractivity contribution is 6.02. The second-order valence-corrected chi connectivity index (χ2v) is 18.3. The Kier molecular flexibility index (Phi) is 20.7. The maximum atomic E-state index is 13.8. The Morgan fingerprint density at radius 3 is 1.77 bits per heavy atom. The van der Waals surface area contributed by atoms with Crippen LogP contribution < -0.4 is 48.8 Å². The van der Waals surface area contributed by atoms with E-state index in [1.165, 1.54) is 40.1 Å². The van der Waals surface area contributed by atoms with Gasteiger partial charge in [-0.3, -0.25) is 62.3 Å². The lowest BCUT2D eigenvalue weighted by atomic mass is 10.1. The number of amides is 9. The van der Waals surface area contributed by atoms with Crippen LogP contribution in [-0.2, 0) is 24.0 Å². The minimum absolute atomic E-state index is 0.0211. The number of fused-ring (bicyclic) bond motifs is 2. The molecule has 4 aromatic rings. The van der Waals surface area contributed by atoms with Crippen molar-refractivity contribution in [3.63, 3.8) is 0 Å². The zero-order valence-corrected chi connectivity index (χ0v) is 42.9. The van der Waals surface area contributed by atoms with Crippen molar-refractivity contribution in [2.75, 3.05) is 52.4 Å². The Labute approximate surface area is 452 Å². The van der Waals surface area contributed by atoms with Crippen molar-refractivity contribution in [1.82, 2.24) is 60.6 Å². The van der Waals surface area contributed by atoms with Crippen LogP contribution in [0.3, 0.4) is 0 Å². The topological polar surface area (TPSA) is 409 Å². The fourth-order valence-corrected chi connectivity index (χ4v) is 8.33. The average molecular weight is 1120 g/mol. The minimum Gasteiger partial charge on any atom is -0.425 e. The van der Waals surface area contributed by atoms with Gasteiger partial charge in [-0.2, -0.15) is 0 Å². The highest BCUT2D eigenvalue weighted by Crippen LogP contribution is 2.14. The fraction of sp³-hybridized carbons (Fsp3) is 0.400. The van der Waals surface area contributed by atoms with E-state index in [2.05, 4.69) is 31.6 Å². The van der Waals surface area contributed by atoms with Crippen molar-refractivity contribution in [3.05, 3.63) is 136 Å². The molecule has 4 aliphatic rings. The first-order chi connectivity index (χ1) is 38.2. The number of aromatic amines is 1. The van der Waals surface area contributed by atoms with Crippen LogP contribution in [0, 0.1) is 0 Å². The van der Waals surface area contributed by atoms with Gasteiger partial charge in [0.05, 0.1) is 0 Å². The van der Waals surface area contributed by atoms with Gasteiger partial charge in [0, 0.05) is 96.2 Å². The summed E-state index contributed by atoms with van der Waals surface area (Å²) in [6.45, 7) is -0.964. The van der Waals surface area contributed by atoms with Crippen LogP contribution in [0.1, 0.15) is 133 Å². The first-order valence-corrected chi connectivity index (χ1v) is 25.3. The molecule has 8 heterocycles. The smallest absolute Gasteiger partial charge is 0.333 e. The molecule has 426 valence electrons. The number of hydroxylamine groups is 2. The maximum absolute atomic E-state index is 13.8. The lowest BCUT2D eigenvalue weighted by Gasteiger charge is -2.26. The number of hydrogen-bond acceptors (Lipinski definition) is 18. The normalized spacial score (nSPS) is 16.4. The molecule has 9 amide bonds. The second kappa shape index (κ2) is 27.9. The Hall–Kier alpha value is -9.90. The van der Waals surface area contributed by atoms with Gasteiger partial charge in [0.15, 0.2) is 0 Å². The SMILES string of the molecule is O=C(CCCC(=O)ON1C(=O)CCC1=O)NCCCC[C@H]1CNC(=O)c2ccc(c(=O)n2O)C(=O)NCCCN(C(=O)c2cccc(=O)n2O)CCCN(C(=O)c2cccc(=O)[nH]2)CCCNC(=O)c2ccc(n(O)c2=O)C(=O)N1. The summed E-state index contributed by atoms with van der Waals surface area (Å²) >= 11 is 0. The van der Waals surface area contributed by atoms with Gasteiger partial charge < -0.3 is 61.8 Å². The van der Waals surface area contributed by atoms with Gasteiger partial charge >= 0.3 is 5.97 Å². The number of pyridine rings is 4. The van der Waals surface area contributed by atoms with E-state index in [0.29, 0.717) is 11.5 Å². The molecule has 80 heavy (non-hydrogen) atoms. The molecular weight excluding hydrogens is 1060 g/mol. The predicted molar refractivity (Wildman–Crippen MR) is 273 cm³/mol. The van der Waals surface area contributed by atoms with Gasteiger partial charge in [-0.05, 0) is 81.3 Å². The van der Waals surface area contributed by atoms with E-state index in [0.717, 1.165) is 30.3 Å². The summed E-state index contributed by atoms with van der Waals surface area (Å²) < 4.78 is 0.0181. The van der Waals surface area contributed by atoms with E-state index in [9.17, 15) is 82.7 Å². The Morgan fingerprint density at radius 1 is 0.588 bits per heavy atom. The summed E-state index contributed by atoms with van der Waals surface area (Å²) in [7, 11) is 0. The Bertz CT molecular complexity index is 3280. The summed E-state index contributed by atoms with van der Waals surface area (Å²) in [4.78, 5) is 190. The Morgan fingerprint density at radius 2 is 1.16 bits per heavy atom. The first kappa shape index (κ1) is 59.3. The number of nitrogens with zero attached hydrogens (tertiary/aromatic N) is 6. The highest BCUT2D eigenvalue weighted by atomic mass is 16.7. The molecule has 1 saturated heterocycles. The van der Waals surface area contributed by atoms with E-state index in [4.69, 9.17) is 4.84 Å². The highest BCUT2D eigenvalue weighted by Gasteiger charge is 2.33. The van der Waals surface area contributed by atoms with Crippen LogP contribution in [0.5, 0.6) is 0 Å². The summed E-state index contributed by atoms with van der Waals surface area (Å²) in [5, 5.41) is 45.2. The number of carbonyl (C=O) groups is 10. The maximum Gasteiger partial charge on any atom is 0.333 e. The number of rotatable bonds is 12. The second-order valence-electron chi connectivity index (χ2n) is 18.3. The quantitative estimate of drug-likeness (QED) is 0.0425. The third-order valence-corrected chi connectivity index (χ3v) is 12.6. The lowest BCUT2D eigenvalue weighted by Crippen LogP contribution is -2.46. The standard InChI is InChI=1S/C50H58N12O18/c63-37(12-5-15-42(68)80-62-40(66)20-21-41(62)67)51-22-2-1-9-30-29-54-45(71)34-18-16-31(47(73)60(34)78)43(69)53-24-7-26-58(50(76)36-11-4-14-39(65)59(36)77)28-8-27-57(49(75)33-10-3-13-38(64)56-33)25-6-23-52-44(70)32-17-19-35(46(72)55-30)61(79)48(32)74/h3-4,10-11,13-14,16-19,30,77-79H,1-2,5-9,12,15,20-29H2,(H,51,63)(H,52,70)(H,53,69)(H,54,71)(H,55,72)(H,56,64)/t30-/m0/s1. The molecule has 9 N–H and O–H groups in total. The van der Waals surface area contributed by atoms with Gasteiger partial charge in [-0.15, -0.1) is 19.3 Å². The van der Waals surface area contributed by atoms with E-state index >= 15 is 0 Å². The van der Waals surface area contributed by atoms with Crippen molar-refractivity contribution < 1.29 is 68.4 Å². The van der Waals surface area contributed by atoms with Crippen molar-refractivity contribution in [1.29, 1.82) is 0 Å². The fourth-order valence-electron chi connectivity index (χ4n) is 8.33. The van der Waals surface area contributed by atoms with E-state index in [1.54, 1.807) is 0 Å². The molecule has 1 atom stereocenters. The third kappa shape index (κ3) is 15.6. The van der Waals surface area contributed by atoms with Crippen LogP contribution in [-0.4, -0.2) is 167 Å². The van der Waals surface area contributed by atoms with Crippen LogP contribution in [0.4, 0.5) is 0 Å². The van der Waals surface area contributed by atoms with Crippen molar-refractivity contribution >= 4 is 59.1 Å². The molecular formula is C50H58N12O18. The van der Waals surface area contributed by atoms with Crippen molar-refractivity contribution in [2.24, 2.45) is 0 Å². The number of carbonyl (C=O) groups excluding carboxylic acids is 10. The number of H-pyrrole nitrogens is 1. The first-order valence-electron chi connectivity index (χ1n) is 25.3. The number of nitrogens with one attached hydrogen (secondary N) is 6. The zero-order valence-electron chi connectivity index (χ0n) is 42.9. The third-order valence-electron chi connectivity index (χ3n) is 12.6. The molecule has 0 unspecified atom stereocenters. The molecule has 1 fully saturated rings. The lowest BCUT2D eigenvalue weighted by molar-refractivity contribution is -0.197. The molecule has 4 bridgehead atoms. The molecule has 0 aromatic carbocycles. The molecule has 0 saturated carbocycles.